The number of ketones is 1. The maximum Gasteiger partial charge on any atom is 0.251 e. The second kappa shape index (κ2) is 9.97. The summed E-state index contributed by atoms with van der Waals surface area (Å²) in [5.74, 6) is -0.0964. The first kappa shape index (κ1) is 20.0. The highest BCUT2D eigenvalue weighted by Crippen LogP contribution is 2.15. The molecule has 146 valence electrons. The van der Waals surface area contributed by atoms with E-state index in [0.717, 1.165) is 38.4 Å². The smallest absolute Gasteiger partial charge is 0.251 e. The number of benzene rings is 2. The topological polar surface area (TPSA) is 58.6 Å². The highest BCUT2D eigenvalue weighted by atomic mass is 16.5. The van der Waals surface area contributed by atoms with Gasteiger partial charge in [-0.25, -0.2) is 0 Å². The summed E-state index contributed by atoms with van der Waals surface area (Å²) in [6.07, 6.45) is 2.30. The molecule has 3 rings (SSSR count). The van der Waals surface area contributed by atoms with Crippen LogP contribution in [0.4, 0.5) is 5.69 Å². The summed E-state index contributed by atoms with van der Waals surface area (Å²) in [7, 11) is 0. The molecule has 2 aromatic rings. The number of carbonyl (C=O) groups excluding carboxylic acids is 2. The van der Waals surface area contributed by atoms with Crippen LogP contribution in [0.15, 0.2) is 60.2 Å². The molecule has 1 fully saturated rings. The summed E-state index contributed by atoms with van der Waals surface area (Å²) < 4.78 is 5.33. The largest absolute Gasteiger partial charge is 0.379 e. The maximum atomic E-state index is 12.5. The number of nitrogens with zero attached hydrogens (tertiary/aromatic N) is 1. The van der Waals surface area contributed by atoms with E-state index in [4.69, 9.17) is 4.74 Å². The number of hydrogen-bond donors (Lipinski definition) is 1. The third-order valence-electron chi connectivity index (χ3n) is 4.74. The number of rotatable bonds is 7. The minimum atomic E-state index is -0.179. The number of amides is 1. The lowest BCUT2D eigenvalue weighted by Crippen LogP contribution is -2.37. The molecular formula is C23H26N2O3. The number of hydrogen-bond acceptors (Lipinski definition) is 4. The normalized spacial score (nSPS) is 15.2. The van der Waals surface area contributed by atoms with Crippen molar-refractivity contribution in [3.8, 4) is 0 Å². The van der Waals surface area contributed by atoms with E-state index < -0.39 is 0 Å². The van der Waals surface area contributed by atoms with Crippen molar-refractivity contribution in [3.05, 3.63) is 71.3 Å². The molecule has 0 saturated carbocycles. The van der Waals surface area contributed by atoms with Crippen molar-refractivity contribution in [1.82, 2.24) is 4.90 Å². The van der Waals surface area contributed by atoms with Crippen LogP contribution in [0.25, 0.3) is 6.08 Å². The lowest BCUT2D eigenvalue weighted by atomic mass is 10.1. The van der Waals surface area contributed by atoms with Crippen molar-refractivity contribution in [2.45, 2.75) is 13.3 Å². The third kappa shape index (κ3) is 5.87. The van der Waals surface area contributed by atoms with Crippen molar-refractivity contribution in [2.24, 2.45) is 0 Å². The summed E-state index contributed by atoms with van der Waals surface area (Å²) in [4.78, 5) is 27.2. The van der Waals surface area contributed by atoms with Gasteiger partial charge in [-0.2, -0.15) is 0 Å². The highest BCUT2D eigenvalue weighted by Gasteiger charge is 2.14. The molecule has 0 spiro atoms. The third-order valence-corrected chi connectivity index (χ3v) is 4.74. The first-order valence-corrected chi connectivity index (χ1v) is 9.60. The number of anilines is 1. The molecule has 0 unspecified atom stereocenters. The molecule has 1 aliphatic heterocycles. The van der Waals surface area contributed by atoms with Crippen LogP contribution in [0, 0.1) is 0 Å². The Morgan fingerprint density at radius 3 is 2.57 bits per heavy atom. The SMILES string of the molecule is C/C(=C\c1ccccc1)C(=O)Nc1cccc(C(=O)CCN2CCOCC2)c1. The Hall–Kier alpha value is -2.76. The molecule has 0 aromatic heterocycles. The lowest BCUT2D eigenvalue weighted by Gasteiger charge is -2.26. The maximum absolute atomic E-state index is 12.5. The Labute approximate surface area is 166 Å². The van der Waals surface area contributed by atoms with Crippen molar-refractivity contribution >= 4 is 23.5 Å². The van der Waals surface area contributed by atoms with E-state index in [1.807, 2.05) is 36.4 Å². The molecule has 0 aliphatic carbocycles. The predicted octanol–water partition coefficient (Wildman–Crippen LogP) is 3.63. The zero-order valence-electron chi connectivity index (χ0n) is 16.2. The zero-order valence-corrected chi connectivity index (χ0v) is 16.2. The van der Waals surface area contributed by atoms with Gasteiger partial charge in [-0.15, -0.1) is 0 Å². The molecule has 5 heteroatoms. The number of Topliss-reactive ketones (excluding diaryl/α,β-unsaturated/α-hetero) is 1. The average Bonchev–Trinajstić information content (AvgIpc) is 2.73. The van der Waals surface area contributed by atoms with Crippen LogP contribution in [0.5, 0.6) is 0 Å². The quantitative estimate of drug-likeness (QED) is 0.590. The van der Waals surface area contributed by atoms with E-state index in [1.165, 1.54) is 0 Å². The van der Waals surface area contributed by atoms with Gasteiger partial charge in [0, 0.05) is 42.9 Å². The van der Waals surface area contributed by atoms with Gasteiger partial charge in [-0.05, 0) is 30.7 Å². The second-order valence-corrected chi connectivity index (χ2v) is 6.90. The fourth-order valence-electron chi connectivity index (χ4n) is 3.09. The van der Waals surface area contributed by atoms with Gasteiger partial charge in [0.15, 0.2) is 5.78 Å². The summed E-state index contributed by atoms with van der Waals surface area (Å²) in [6, 6.07) is 16.8. The van der Waals surface area contributed by atoms with Crippen LogP contribution in [-0.2, 0) is 9.53 Å². The van der Waals surface area contributed by atoms with Crippen LogP contribution in [0.3, 0.4) is 0 Å². The standard InChI is InChI=1S/C23H26N2O3/c1-18(16-19-6-3-2-4-7-19)23(27)24-21-9-5-8-20(17-21)22(26)10-11-25-12-14-28-15-13-25/h2-9,16-17H,10-15H2,1H3,(H,24,27)/b18-16+. The van der Waals surface area contributed by atoms with Gasteiger partial charge >= 0.3 is 0 Å². The van der Waals surface area contributed by atoms with Crippen molar-refractivity contribution < 1.29 is 14.3 Å². The minimum Gasteiger partial charge on any atom is -0.379 e. The fourth-order valence-corrected chi connectivity index (χ4v) is 3.09. The molecule has 1 aliphatic rings. The number of carbonyl (C=O) groups is 2. The van der Waals surface area contributed by atoms with Crippen LogP contribution in [-0.4, -0.2) is 49.4 Å². The Bertz CT molecular complexity index is 840. The first-order chi connectivity index (χ1) is 13.6. The summed E-state index contributed by atoms with van der Waals surface area (Å²) in [5, 5.41) is 2.88. The van der Waals surface area contributed by atoms with Crippen LogP contribution in [0.2, 0.25) is 0 Å². The molecule has 5 nitrogen and oxygen atoms in total. The van der Waals surface area contributed by atoms with E-state index in [1.54, 1.807) is 31.2 Å². The van der Waals surface area contributed by atoms with Gasteiger partial charge in [-0.3, -0.25) is 14.5 Å². The van der Waals surface area contributed by atoms with Gasteiger partial charge < -0.3 is 10.1 Å². The predicted molar refractivity (Wildman–Crippen MR) is 111 cm³/mol. The number of nitrogens with one attached hydrogen (secondary N) is 1. The van der Waals surface area contributed by atoms with Crippen LogP contribution < -0.4 is 5.32 Å². The molecule has 0 bridgehead atoms. The van der Waals surface area contributed by atoms with Crippen LogP contribution >= 0.6 is 0 Å². The van der Waals surface area contributed by atoms with Gasteiger partial charge in [0.2, 0.25) is 0 Å². The van der Waals surface area contributed by atoms with E-state index >= 15 is 0 Å². The van der Waals surface area contributed by atoms with Crippen LogP contribution in [0.1, 0.15) is 29.3 Å². The number of morpholine rings is 1. The molecule has 1 saturated heterocycles. The van der Waals surface area contributed by atoms with Crippen molar-refractivity contribution in [2.75, 3.05) is 38.2 Å². The molecule has 0 atom stereocenters. The highest BCUT2D eigenvalue weighted by molar-refractivity contribution is 6.07. The van der Waals surface area contributed by atoms with E-state index in [0.29, 0.717) is 23.2 Å². The summed E-state index contributed by atoms with van der Waals surface area (Å²) >= 11 is 0. The van der Waals surface area contributed by atoms with Crippen molar-refractivity contribution in [1.29, 1.82) is 0 Å². The lowest BCUT2D eigenvalue weighted by molar-refractivity contribution is -0.112. The number of ether oxygens (including phenoxy) is 1. The monoisotopic (exact) mass is 378 g/mol. The Balaban J connectivity index is 1.58. The minimum absolute atomic E-state index is 0.0825. The Kier molecular flexibility index (Phi) is 7.12. The van der Waals surface area contributed by atoms with E-state index in [9.17, 15) is 9.59 Å². The second-order valence-electron chi connectivity index (χ2n) is 6.90. The zero-order chi connectivity index (χ0) is 19.8. The van der Waals surface area contributed by atoms with Crippen molar-refractivity contribution in [3.63, 3.8) is 0 Å². The van der Waals surface area contributed by atoms with Gasteiger partial charge in [-0.1, -0.05) is 42.5 Å². The molecule has 1 heterocycles. The Morgan fingerprint density at radius 1 is 1.07 bits per heavy atom. The summed E-state index contributed by atoms with van der Waals surface area (Å²) in [5.41, 5.74) is 2.83. The van der Waals surface area contributed by atoms with Gasteiger partial charge in [0.25, 0.3) is 5.91 Å². The van der Waals surface area contributed by atoms with Gasteiger partial charge in [0.1, 0.15) is 0 Å². The molecule has 0 radical (unpaired) electrons. The first-order valence-electron chi connectivity index (χ1n) is 9.60. The molecular weight excluding hydrogens is 352 g/mol. The van der Waals surface area contributed by atoms with E-state index in [-0.39, 0.29) is 11.7 Å². The molecule has 28 heavy (non-hydrogen) atoms. The fraction of sp³-hybridized carbons (Fsp3) is 0.304. The molecule has 1 amide bonds. The summed E-state index contributed by atoms with van der Waals surface area (Å²) in [6.45, 7) is 5.71. The van der Waals surface area contributed by atoms with E-state index in [2.05, 4.69) is 10.2 Å². The van der Waals surface area contributed by atoms with Gasteiger partial charge in [0.05, 0.1) is 13.2 Å². The molecule has 2 aromatic carbocycles. The molecule has 1 N–H and O–H groups in total. The average molecular weight is 378 g/mol. The Morgan fingerprint density at radius 2 is 1.82 bits per heavy atom.